The highest BCUT2D eigenvalue weighted by Gasteiger charge is 2.31. The third-order valence-electron chi connectivity index (χ3n) is 7.31. The van der Waals surface area contributed by atoms with Crippen LogP contribution in [0.3, 0.4) is 0 Å². The van der Waals surface area contributed by atoms with Crippen LogP contribution in [0.5, 0.6) is 0 Å². The molecule has 0 aliphatic rings. The van der Waals surface area contributed by atoms with Crippen LogP contribution in [0, 0.1) is 0 Å². The zero-order valence-corrected chi connectivity index (χ0v) is 32.4. The molecule has 10 nitrogen and oxygen atoms in total. The lowest BCUT2D eigenvalue weighted by Crippen LogP contribution is -2.46. The van der Waals surface area contributed by atoms with Gasteiger partial charge in [-0.2, -0.15) is 0 Å². The molecule has 0 radical (unpaired) electrons. The van der Waals surface area contributed by atoms with E-state index in [-0.39, 0.29) is 10.8 Å². The van der Waals surface area contributed by atoms with Gasteiger partial charge in [-0.05, 0) is 74.6 Å². The summed E-state index contributed by atoms with van der Waals surface area (Å²) in [7, 11) is 4.18. The number of ether oxygens (including phenoxy) is 4. The van der Waals surface area contributed by atoms with Crippen molar-refractivity contribution in [1.82, 2.24) is 10.2 Å². The minimum atomic E-state index is -0.787. The van der Waals surface area contributed by atoms with Gasteiger partial charge in [-0.1, -0.05) is 90.1 Å². The Morgan fingerprint density at radius 1 is 0.612 bits per heavy atom. The van der Waals surface area contributed by atoms with Gasteiger partial charge in [0.05, 0.1) is 14.2 Å². The molecule has 0 bridgehead atoms. The number of nitrogens with one attached hydrogen (secondary N) is 1. The molecule has 0 unspecified atom stereocenters. The molecule has 2 rings (SSSR count). The third-order valence-corrected chi connectivity index (χ3v) is 7.31. The Hall–Kier alpha value is -4.08. The fourth-order valence-corrected chi connectivity index (χ4v) is 4.50. The Morgan fingerprint density at radius 3 is 1.35 bits per heavy atom. The van der Waals surface area contributed by atoms with Crippen molar-refractivity contribution in [2.24, 2.45) is 0 Å². The number of esters is 2. The lowest BCUT2D eigenvalue weighted by atomic mass is 9.86. The smallest absolute Gasteiger partial charge is 0.410 e. The predicted molar refractivity (Wildman–Crippen MR) is 193 cm³/mol. The first-order valence-corrected chi connectivity index (χ1v) is 16.6. The number of rotatable bonds is 8. The summed E-state index contributed by atoms with van der Waals surface area (Å²) in [6, 6.07) is 14.6. The van der Waals surface area contributed by atoms with Crippen molar-refractivity contribution in [2.75, 3.05) is 21.3 Å². The molecular weight excluding hydrogens is 624 g/mol. The second-order valence-electron chi connectivity index (χ2n) is 16.2. The Balaban J connectivity index is 0.000000490. The van der Waals surface area contributed by atoms with E-state index >= 15 is 0 Å². The maximum absolute atomic E-state index is 12.3. The molecule has 0 aliphatic carbocycles. The predicted octanol–water partition coefficient (Wildman–Crippen LogP) is 7.53. The summed E-state index contributed by atoms with van der Waals surface area (Å²) in [5, 5.41) is 2.58. The van der Waals surface area contributed by atoms with Gasteiger partial charge < -0.3 is 24.3 Å². The molecule has 2 aromatic carbocycles. The Labute approximate surface area is 294 Å². The molecule has 2 amide bonds. The summed E-state index contributed by atoms with van der Waals surface area (Å²) >= 11 is 0. The van der Waals surface area contributed by atoms with Crippen LogP contribution in [0.15, 0.2) is 48.5 Å². The quantitative estimate of drug-likeness (QED) is 0.224. The van der Waals surface area contributed by atoms with Crippen molar-refractivity contribution in [3.63, 3.8) is 0 Å². The van der Waals surface area contributed by atoms with Crippen molar-refractivity contribution >= 4 is 24.1 Å². The second-order valence-corrected chi connectivity index (χ2v) is 16.2. The minimum Gasteiger partial charge on any atom is -0.467 e. The summed E-state index contributed by atoms with van der Waals surface area (Å²) in [6.45, 7) is 23.5. The molecule has 2 aromatic rings. The van der Waals surface area contributed by atoms with Crippen molar-refractivity contribution < 1.29 is 38.1 Å². The number of carbonyl (C=O) groups excluding carboxylic acids is 4. The number of nitrogens with zero attached hydrogens (tertiary/aromatic N) is 1. The van der Waals surface area contributed by atoms with E-state index < -0.39 is 47.4 Å². The van der Waals surface area contributed by atoms with Gasteiger partial charge in [-0.15, -0.1) is 0 Å². The average Bonchev–Trinajstić information content (AvgIpc) is 2.96. The highest BCUT2D eigenvalue weighted by molar-refractivity contribution is 5.82. The molecule has 0 saturated heterocycles. The largest absolute Gasteiger partial charge is 0.467 e. The lowest BCUT2D eigenvalue weighted by molar-refractivity contribution is -0.146. The van der Waals surface area contributed by atoms with Crippen LogP contribution in [0.2, 0.25) is 0 Å². The fraction of sp³-hybridized carbons (Fsp3) is 0.590. The number of amides is 2. The molecule has 49 heavy (non-hydrogen) atoms. The van der Waals surface area contributed by atoms with Gasteiger partial charge in [0.25, 0.3) is 0 Å². The van der Waals surface area contributed by atoms with Crippen LogP contribution in [0.25, 0.3) is 0 Å². The number of alkyl carbamates (subject to hydrolysis) is 1. The van der Waals surface area contributed by atoms with Crippen LogP contribution >= 0.6 is 0 Å². The van der Waals surface area contributed by atoms with Crippen molar-refractivity contribution in [3.8, 4) is 0 Å². The molecule has 0 spiro atoms. The summed E-state index contributed by atoms with van der Waals surface area (Å²) in [5.74, 6) is -0.964. The number of carbonyl (C=O) groups is 4. The van der Waals surface area contributed by atoms with E-state index in [1.807, 2.05) is 36.4 Å². The van der Waals surface area contributed by atoms with Crippen LogP contribution in [-0.2, 0) is 52.2 Å². The van der Waals surface area contributed by atoms with E-state index in [2.05, 4.69) is 59.0 Å². The van der Waals surface area contributed by atoms with E-state index in [0.29, 0.717) is 12.8 Å². The maximum atomic E-state index is 12.3. The Kier molecular flexibility index (Phi) is 15.4. The van der Waals surface area contributed by atoms with Crippen molar-refractivity contribution in [1.29, 1.82) is 0 Å². The van der Waals surface area contributed by atoms with Gasteiger partial charge in [-0.25, -0.2) is 19.2 Å². The normalized spacial score (nSPS) is 13.1. The second kappa shape index (κ2) is 17.5. The van der Waals surface area contributed by atoms with E-state index in [1.54, 1.807) is 48.6 Å². The standard InChI is InChI=1S/C20H31NO4.C19H29NO4/c1-19(2,3)15-11-9-14(10-12-15)13-16(17(22)24-8)21(7)18(23)25-20(4,5)6;1-18(2,3)14-10-8-13(9-11-14)12-15(16(21)23-7)20-17(22)24-19(4,5)6/h9-12,16H,13H2,1-8H3;8-11,15H,12H2,1-7H3,(H,20,22)/t16-;15-/m00/s1. The summed E-state index contributed by atoms with van der Waals surface area (Å²) in [5.41, 5.74) is 3.20. The first-order chi connectivity index (χ1) is 22.3. The van der Waals surface area contributed by atoms with E-state index in [4.69, 9.17) is 18.9 Å². The van der Waals surface area contributed by atoms with E-state index in [1.165, 1.54) is 30.2 Å². The molecule has 0 aromatic heterocycles. The van der Waals surface area contributed by atoms with Crippen LogP contribution < -0.4 is 5.32 Å². The molecule has 0 aliphatic heterocycles. The number of benzene rings is 2. The molecule has 2 atom stereocenters. The van der Waals surface area contributed by atoms with Gasteiger partial charge in [0.15, 0.2) is 0 Å². The third kappa shape index (κ3) is 15.8. The first kappa shape index (κ1) is 42.9. The first-order valence-electron chi connectivity index (χ1n) is 16.6. The minimum absolute atomic E-state index is 0.0631. The lowest BCUT2D eigenvalue weighted by Gasteiger charge is -2.29. The molecule has 0 fully saturated rings. The van der Waals surface area contributed by atoms with Gasteiger partial charge >= 0.3 is 24.1 Å². The number of hydrogen-bond donors (Lipinski definition) is 1. The molecule has 274 valence electrons. The highest BCUT2D eigenvalue weighted by atomic mass is 16.6. The van der Waals surface area contributed by atoms with E-state index in [0.717, 1.165) is 11.1 Å². The summed E-state index contributed by atoms with van der Waals surface area (Å²) < 4.78 is 20.2. The highest BCUT2D eigenvalue weighted by Crippen LogP contribution is 2.24. The van der Waals surface area contributed by atoms with Crippen molar-refractivity contribution in [3.05, 3.63) is 70.8 Å². The number of likely N-dealkylation sites (N-methyl/N-ethyl adjacent to an activating group) is 1. The Morgan fingerprint density at radius 2 is 1.00 bits per heavy atom. The van der Waals surface area contributed by atoms with Crippen LogP contribution in [-0.4, -0.2) is 73.6 Å². The monoisotopic (exact) mass is 684 g/mol. The van der Waals surface area contributed by atoms with Crippen molar-refractivity contribution in [2.45, 2.75) is 130 Å². The topological polar surface area (TPSA) is 120 Å². The van der Waals surface area contributed by atoms with Gasteiger partial charge in [-0.3, -0.25) is 4.90 Å². The molecule has 10 heteroatoms. The van der Waals surface area contributed by atoms with Gasteiger partial charge in [0.1, 0.15) is 23.3 Å². The van der Waals surface area contributed by atoms with Gasteiger partial charge in [0.2, 0.25) is 0 Å². The number of hydrogen-bond acceptors (Lipinski definition) is 8. The Bertz CT molecular complexity index is 1370. The molecule has 0 saturated carbocycles. The molecular formula is C39H60N2O8. The van der Waals surface area contributed by atoms with Crippen LogP contribution in [0.1, 0.15) is 105 Å². The molecule has 0 heterocycles. The van der Waals surface area contributed by atoms with Crippen LogP contribution in [0.4, 0.5) is 9.59 Å². The fourth-order valence-electron chi connectivity index (χ4n) is 4.50. The summed E-state index contributed by atoms with van der Waals surface area (Å²) in [4.78, 5) is 49.7. The van der Waals surface area contributed by atoms with E-state index in [9.17, 15) is 19.2 Å². The maximum Gasteiger partial charge on any atom is 0.410 e. The zero-order chi connectivity index (χ0) is 38.0. The van der Waals surface area contributed by atoms with Gasteiger partial charge in [0, 0.05) is 19.9 Å². The average molecular weight is 685 g/mol. The molecule has 1 N–H and O–H groups in total. The SMILES string of the molecule is COC(=O)[C@H](Cc1ccc(C(C)(C)C)cc1)N(C)C(=O)OC(C)(C)C.COC(=O)[C@H](Cc1ccc(C(C)(C)C)cc1)NC(=O)OC(C)(C)C. The summed E-state index contributed by atoms with van der Waals surface area (Å²) in [6.07, 6.45) is -0.471. The number of methoxy groups -OCH3 is 2. The zero-order valence-electron chi connectivity index (χ0n) is 32.4.